The summed E-state index contributed by atoms with van der Waals surface area (Å²) in [6.45, 7) is 0. The second-order valence-corrected chi connectivity index (χ2v) is 8.94. The molecule has 0 aliphatic rings. The van der Waals surface area contributed by atoms with Crippen LogP contribution in [0.15, 0.2) is 97.1 Å². The molecule has 0 bridgehead atoms. The molecule has 0 spiro atoms. The third kappa shape index (κ3) is 4.79. The standard InChI is InChI=1S/C30H24ClNO3/c1-35-30-14-11-23(31)17-26(30)25(28-16-21-5-2-3-8-27(21)32-28)18-29(34)22-7-4-6-20(15-22)19-9-12-24(33)13-10-19/h2-17,25,32-33H,18H2,1H3/t25-/m1/s1. The number of methoxy groups -OCH3 is 1. The summed E-state index contributed by atoms with van der Waals surface area (Å²) in [7, 11) is 1.62. The molecule has 0 aliphatic carbocycles. The Labute approximate surface area is 208 Å². The Morgan fingerprint density at radius 2 is 1.71 bits per heavy atom. The molecule has 0 radical (unpaired) electrons. The number of carbonyl (C=O) groups excluding carboxylic acids is 1. The Morgan fingerprint density at radius 3 is 2.49 bits per heavy atom. The highest BCUT2D eigenvalue weighted by Gasteiger charge is 2.24. The van der Waals surface area contributed by atoms with Crippen LogP contribution in [-0.4, -0.2) is 23.0 Å². The molecule has 174 valence electrons. The first-order valence-corrected chi connectivity index (χ1v) is 11.7. The van der Waals surface area contributed by atoms with Crippen molar-refractivity contribution in [2.24, 2.45) is 0 Å². The number of carbonyl (C=O) groups is 1. The van der Waals surface area contributed by atoms with Gasteiger partial charge in [0.25, 0.3) is 0 Å². The molecule has 2 N–H and O–H groups in total. The predicted octanol–water partition coefficient (Wildman–Crippen LogP) is 7.61. The third-order valence-electron chi connectivity index (χ3n) is 6.27. The van der Waals surface area contributed by atoms with E-state index in [1.807, 2.05) is 72.8 Å². The first-order chi connectivity index (χ1) is 17.0. The van der Waals surface area contributed by atoms with Crippen LogP contribution in [0.2, 0.25) is 5.02 Å². The summed E-state index contributed by atoms with van der Waals surface area (Å²) in [6, 6.07) is 30.1. The number of hydrogen-bond donors (Lipinski definition) is 2. The van der Waals surface area contributed by atoms with Crippen LogP contribution >= 0.6 is 11.6 Å². The monoisotopic (exact) mass is 481 g/mol. The van der Waals surface area contributed by atoms with Gasteiger partial charge in [0.2, 0.25) is 0 Å². The number of nitrogens with one attached hydrogen (secondary N) is 1. The Hall–Kier alpha value is -4.02. The van der Waals surface area contributed by atoms with Crippen molar-refractivity contribution in [2.45, 2.75) is 12.3 Å². The average molecular weight is 482 g/mol. The smallest absolute Gasteiger partial charge is 0.163 e. The van der Waals surface area contributed by atoms with E-state index in [0.717, 1.165) is 33.3 Å². The number of phenols is 1. The summed E-state index contributed by atoms with van der Waals surface area (Å²) in [6.07, 6.45) is 0.239. The van der Waals surface area contributed by atoms with Crippen LogP contribution in [-0.2, 0) is 0 Å². The number of H-pyrrole nitrogens is 1. The van der Waals surface area contributed by atoms with E-state index in [4.69, 9.17) is 16.3 Å². The number of para-hydroxylation sites is 1. The minimum atomic E-state index is -0.277. The van der Waals surface area contributed by atoms with Gasteiger partial charge in [-0.25, -0.2) is 0 Å². The summed E-state index contributed by atoms with van der Waals surface area (Å²) < 4.78 is 5.65. The van der Waals surface area contributed by atoms with Crippen LogP contribution in [0.3, 0.4) is 0 Å². The maximum Gasteiger partial charge on any atom is 0.163 e. The highest BCUT2D eigenvalue weighted by Crippen LogP contribution is 2.38. The SMILES string of the molecule is COc1ccc(Cl)cc1[C@@H](CC(=O)c1cccc(-c2ccc(O)cc2)c1)c1cc2ccccc2[nH]1. The van der Waals surface area contributed by atoms with E-state index in [0.29, 0.717) is 16.3 Å². The van der Waals surface area contributed by atoms with E-state index in [-0.39, 0.29) is 23.9 Å². The van der Waals surface area contributed by atoms with Crippen molar-refractivity contribution in [3.05, 3.63) is 119 Å². The van der Waals surface area contributed by atoms with Crippen molar-refractivity contribution in [2.75, 3.05) is 7.11 Å². The van der Waals surface area contributed by atoms with Crippen molar-refractivity contribution < 1.29 is 14.6 Å². The van der Waals surface area contributed by atoms with Crippen molar-refractivity contribution in [3.8, 4) is 22.6 Å². The number of ether oxygens (including phenoxy) is 1. The molecular formula is C30H24ClNO3. The maximum atomic E-state index is 13.6. The van der Waals surface area contributed by atoms with Gasteiger partial charge >= 0.3 is 0 Å². The van der Waals surface area contributed by atoms with Crippen LogP contribution in [0.5, 0.6) is 11.5 Å². The Balaban J connectivity index is 1.54. The van der Waals surface area contributed by atoms with Crippen molar-refractivity contribution in [1.29, 1.82) is 0 Å². The first kappa shape index (κ1) is 22.8. The van der Waals surface area contributed by atoms with Gasteiger partial charge in [-0.3, -0.25) is 4.79 Å². The topological polar surface area (TPSA) is 62.3 Å². The lowest BCUT2D eigenvalue weighted by molar-refractivity contribution is 0.0977. The molecule has 1 aromatic heterocycles. The lowest BCUT2D eigenvalue weighted by Gasteiger charge is -2.19. The van der Waals surface area contributed by atoms with Gasteiger partial charge in [-0.15, -0.1) is 0 Å². The second kappa shape index (κ2) is 9.69. The van der Waals surface area contributed by atoms with Crippen molar-refractivity contribution in [3.63, 3.8) is 0 Å². The normalized spacial score (nSPS) is 11.9. The lowest BCUT2D eigenvalue weighted by Crippen LogP contribution is -2.11. The van der Waals surface area contributed by atoms with Crippen LogP contribution in [0, 0.1) is 0 Å². The molecule has 0 unspecified atom stereocenters. The molecule has 5 heteroatoms. The van der Waals surface area contributed by atoms with Gasteiger partial charge in [0.05, 0.1) is 7.11 Å². The molecule has 0 saturated carbocycles. The zero-order valence-corrected chi connectivity index (χ0v) is 19.9. The highest BCUT2D eigenvalue weighted by atomic mass is 35.5. The van der Waals surface area contributed by atoms with Crippen LogP contribution in [0.25, 0.3) is 22.0 Å². The Morgan fingerprint density at radius 1 is 0.914 bits per heavy atom. The lowest BCUT2D eigenvalue weighted by atomic mass is 9.87. The Kier molecular flexibility index (Phi) is 6.30. The zero-order chi connectivity index (χ0) is 24.4. The quantitative estimate of drug-likeness (QED) is 0.235. The number of benzene rings is 4. The molecule has 5 aromatic rings. The fourth-order valence-electron chi connectivity index (χ4n) is 4.48. The molecule has 1 heterocycles. The highest BCUT2D eigenvalue weighted by molar-refractivity contribution is 6.30. The van der Waals surface area contributed by atoms with Gasteiger partial charge in [-0.1, -0.05) is 60.1 Å². The van der Waals surface area contributed by atoms with Gasteiger partial charge in [0.15, 0.2) is 5.78 Å². The number of phenolic OH excluding ortho intramolecular Hbond substituents is 1. The van der Waals surface area contributed by atoms with E-state index >= 15 is 0 Å². The molecule has 0 fully saturated rings. The van der Waals surface area contributed by atoms with E-state index in [2.05, 4.69) is 11.1 Å². The van der Waals surface area contributed by atoms with Crippen LogP contribution < -0.4 is 4.74 Å². The summed E-state index contributed by atoms with van der Waals surface area (Å²) >= 11 is 6.37. The largest absolute Gasteiger partial charge is 0.508 e. The number of halogens is 1. The van der Waals surface area contributed by atoms with Crippen molar-refractivity contribution in [1.82, 2.24) is 4.98 Å². The number of aromatic amines is 1. The summed E-state index contributed by atoms with van der Waals surface area (Å²) in [4.78, 5) is 17.1. The maximum absolute atomic E-state index is 13.6. The number of aromatic nitrogens is 1. The molecule has 5 rings (SSSR count). The second-order valence-electron chi connectivity index (χ2n) is 8.51. The van der Waals surface area contributed by atoms with E-state index < -0.39 is 0 Å². The third-order valence-corrected chi connectivity index (χ3v) is 6.50. The predicted molar refractivity (Wildman–Crippen MR) is 141 cm³/mol. The molecule has 4 aromatic carbocycles. The zero-order valence-electron chi connectivity index (χ0n) is 19.2. The van der Waals surface area contributed by atoms with Crippen molar-refractivity contribution >= 4 is 28.3 Å². The molecule has 1 atom stereocenters. The number of fused-ring (bicyclic) bond motifs is 1. The van der Waals surface area contributed by atoms with Gasteiger partial charge in [0.1, 0.15) is 11.5 Å². The number of rotatable bonds is 7. The molecular weight excluding hydrogens is 458 g/mol. The average Bonchev–Trinajstić information content (AvgIpc) is 3.31. The van der Waals surface area contributed by atoms with Gasteiger partial charge in [-0.05, 0) is 65.0 Å². The summed E-state index contributed by atoms with van der Waals surface area (Å²) in [5.41, 5.74) is 5.26. The molecule has 0 aliphatic heterocycles. The fraction of sp³-hybridized carbons (Fsp3) is 0.100. The van der Waals surface area contributed by atoms with E-state index in [1.54, 1.807) is 25.3 Å². The molecule has 35 heavy (non-hydrogen) atoms. The minimum absolute atomic E-state index is 0.0105. The molecule has 4 nitrogen and oxygen atoms in total. The first-order valence-electron chi connectivity index (χ1n) is 11.4. The Bertz CT molecular complexity index is 1470. The summed E-state index contributed by atoms with van der Waals surface area (Å²) in [5.74, 6) is 0.624. The van der Waals surface area contributed by atoms with E-state index in [1.165, 1.54) is 0 Å². The van der Waals surface area contributed by atoms with Gasteiger partial charge in [-0.2, -0.15) is 0 Å². The molecule has 0 saturated heterocycles. The molecule has 0 amide bonds. The van der Waals surface area contributed by atoms with Crippen LogP contribution in [0.4, 0.5) is 0 Å². The van der Waals surface area contributed by atoms with Gasteiger partial charge < -0.3 is 14.8 Å². The van der Waals surface area contributed by atoms with Crippen LogP contribution in [0.1, 0.15) is 34.0 Å². The number of ketones is 1. The minimum Gasteiger partial charge on any atom is -0.508 e. The number of hydrogen-bond acceptors (Lipinski definition) is 3. The van der Waals surface area contributed by atoms with E-state index in [9.17, 15) is 9.90 Å². The number of aromatic hydroxyl groups is 1. The fourth-order valence-corrected chi connectivity index (χ4v) is 4.66. The van der Waals surface area contributed by atoms with Gasteiger partial charge in [0, 0.05) is 39.7 Å². The number of Topliss-reactive ketones (excluding diaryl/α,β-unsaturated/α-hetero) is 1. The summed E-state index contributed by atoms with van der Waals surface area (Å²) in [5, 5.41) is 11.3.